The summed E-state index contributed by atoms with van der Waals surface area (Å²) in [6, 6.07) is 0.151. The van der Waals surface area contributed by atoms with Gasteiger partial charge in [0.15, 0.2) is 0 Å². The van der Waals surface area contributed by atoms with E-state index in [2.05, 4.69) is 12.0 Å². The predicted molar refractivity (Wildman–Crippen MR) is 66.5 cm³/mol. The van der Waals surface area contributed by atoms with E-state index < -0.39 is 5.92 Å². The SMILES string of the molecule is CCC(N)Cc1cnn(CC2CCC(F)(F)C2)c1. The third kappa shape index (κ3) is 3.51. The third-order valence-electron chi connectivity index (χ3n) is 3.66. The van der Waals surface area contributed by atoms with Gasteiger partial charge in [0, 0.05) is 31.6 Å². The zero-order chi connectivity index (χ0) is 13.2. The van der Waals surface area contributed by atoms with Gasteiger partial charge in [0.05, 0.1) is 6.20 Å². The fourth-order valence-corrected chi connectivity index (χ4v) is 2.52. The molecule has 2 N–H and O–H groups in total. The van der Waals surface area contributed by atoms with Crippen molar-refractivity contribution >= 4 is 0 Å². The summed E-state index contributed by atoms with van der Waals surface area (Å²) < 4.78 is 27.9. The highest BCUT2D eigenvalue weighted by atomic mass is 19.3. The Bertz CT molecular complexity index is 389. The maximum atomic E-state index is 13.1. The van der Waals surface area contributed by atoms with Gasteiger partial charge in [-0.15, -0.1) is 0 Å². The highest BCUT2D eigenvalue weighted by Crippen LogP contribution is 2.39. The minimum atomic E-state index is -2.47. The van der Waals surface area contributed by atoms with Crippen LogP contribution in [-0.4, -0.2) is 21.7 Å². The van der Waals surface area contributed by atoms with Gasteiger partial charge in [-0.1, -0.05) is 6.92 Å². The number of hydrogen-bond donors (Lipinski definition) is 1. The van der Waals surface area contributed by atoms with Crippen molar-refractivity contribution in [1.29, 1.82) is 0 Å². The normalized spacial score (nSPS) is 24.3. The Kier molecular flexibility index (Phi) is 4.00. The van der Waals surface area contributed by atoms with Crippen molar-refractivity contribution in [2.75, 3.05) is 0 Å². The largest absolute Gasteiger partial charge is 0.327 e. The lowest BCUT2D eigenvalue weighted by Gasteiger charge is -2.10. The molecule has 2 unspecified atom stereocenters. The molecule has 1 aromatic rings. The number of alkyl halides is 2. The van der Waals surface area contributed by atoms with E-state index in [1.807, 2.05) is 6.20 Å². The molecule has 0 saturated heterocycles. The molecule has 1 aliphatic rings. The first kappa shape index (κ1) is 13.5. The van der Waals surface area contributed by atoms with Gasteiger partial charge in [-0.2, -0.15) is 5.10 Å². The summed E-state index contributed by atoms with van der Waals surface area (Å²) >= 11 is 0. The van der Waals surface area contributed by atoms with Crippen LogP contribution in [0.15, 0.2) is 12.4 Å². The fraction of sp³-hybridized carbons (Fsp3) is 0.769. The average molecular weight is 257 g/mol. The number of hydrogen-bond acceptors (Lipinski definition) is 2. The molecular formula is C13H21F2N3. The van der Waals surface area contributed by atoms with E-state index in [4.69, 9.17) is 5.73 Å². The number of aromatic nitrogens is 2. The van der Waals surface area contributed by atoms with Gasteiger partial charge < -0.3 is 5.73 Å². The molecule has 0 amide bonds. The van der Waals surface area contributed by atoms with Gasteiger partial charge in [-0.25, -0.2) is 8.78 Å². The van der Waals surface area contributed by atoms with Crippen LogP contribution in [0, 0.1) is 5.92 Å². The Labute approximate surface area is 106 Å². The first-order valence-corrected chi connectivity index (χ1v) is 6.63. The zero-order valence-electron chi connectivity index (χ0n) is 10.8. The lowest BCUT2D eigenvalue weighted by molar-refractivity contribution is 0.00423. The smallest absolute Gasteiger partial charge is 0.248 e. The van der Waals surface area contributed by atoms with E-state index in [-0.39, 0.29) is 24.8 Å². The molecule has 1 saturated carbocycles. The molecule has 1 fully saturated rings. The predicted octanol–water partition coefficient (Wildman–Crippen LogP) is 2.60. The summed E-state index contributed by atoms with van der Waals surface area (Å²) in [7, 11) is 0. The van der Waals surface area contributed by atoms with E-state index in [1.54, 1.807) is 10.9 Å². The van der Waals surface area contributed by atoms with Crippen molar-refractivity contribution in [1.82, 2.24) is 9.78 Å². The molecule has 18 heavy (non-hydrogen) atoms. The summed E-state index contributed by atoms with van der Waals surface area (Å²) in [5, 5.41) is 4.23. The molecule has 2 rings (SSSR count). The van der Waals surface area contributed by atoms with Crippen LogP contribution in [0.5, 0.6) is 0 Å². The summed E-state index contributed by atoms with van der Waals surface area (Å²) in [6.45, 7) is 2.65. The topological polar surface area (TPSA) is 43.8 Å². The average Bonchev–Trinajstić information content (AvgIpc) is 2.86. The Morgan fingerprint density at radius 1 is 1.61 bits per heavy atom. The van der Waals surface area contributed by atoms with Crippen LogP contribution in [0.4, 0.5) is 8.78 Å². The first-order chi connectivity index (χ1) is 8.48. The van der Waals surface area contributed by atoms with Crippen LogP contribution < -0.4 is 5.73 Å². The molecule has 1 aliphatic carbocycles. The van der Waals surface area contributed by atoms with E-state index in [0.717, 1.165) is 18.4 Å². The molecule has 0 radical (unpaired) electrons. The molecule has 2 atom stereocenters. The van der Waals surface area contributed by atoms with Crippen molar-refractivity contribution in [3.8, 4) is 0 Å². The summed E-state index contributed by atoms with van der Waals surface area (Å²) in [5.74, 6) is -2.42. The van der Waals surface area contributed by atoms with Crippen molar-refractivity contribution in [2.45, 2.75) is 57.5 Å². The van der Waals surface area contributed by atoms with Crippen LogP contribution in [0.25, 0.3) is 0 Å². The summed E-state index contributed by atoms with van der Waals surface area (Å²) in [4.78, 5) is 0. The standard InChI is InChI=1S/C13H21F2N3/c1-2-12(16)5-11-7-17-18(9-11)8-10-3-4-13(14,15)6-10/h7,9-10,12H,2-6,8,16H2,1H3. The molecule has 0 aromatic carbocycles. The van der Waals surface area contributed by atoms with Crippen molar-refractivity contribution in [3.63, 3.8) is 0 Å². The molecular weight excluding hydrogens is 236 g/mol. The number of rotatable bonds is 5. The Morgan fingerprint density at radius 3 is 3.00 bits per heavy atom. The highest BCUT2D eigenvalue weighted by molar-refractivity contribution is 5.06. The van der Waals surface area contributed by atoms with Gasteiger partial charge in [0.1, 0.15) is 0 Å². The lowest BCUT2D eigenvalue weighted by Crippen LogP contribution is -2.21. The maximum Gasteiger partial charge on any atom is 0.248 e. The van der Waals surface area contributed by atoms with E-state index in [9.17, 15) is 8.78 Å². The van der Waals surface area contributed by atoms with Gasteiger partial charge >= 0.3 is 0 Å². The van der Waals surface area contributed by atoms with Crippen LogP contribution in [0.1, 0.15) is 38.2 Å². The van der Waals surface area contributed by atoms with Crippen LogP contribution >= 0.6 is 0 Å². The number of halogens is 2. The Balaban J connectivity index is 1.87. The second kappa shape index (κ2) is 5.34. The Hall–Kier alpha value is -0.970. The van der Waals surface area contributed by atoms with Gasteiger partial charge in [-0.05, 0) is 30.7 Å². The van der Waals surface area contributed by atoms with Gasteiger partial charge in [0.2, 0.25) is 5.92 Å². The molecule has 5 heteroatoms. The van der Waals surface area contributed by atoms with Crippen LogP contribution in [-0.2, 0) is 13.0 Å². The monoisotopic (exact) mass is 257 g/mol. The Morgan fingerprint density at radius 2 is 2.39 bits per heavy atom. The molecule has 102 valence electrons. The molecule has 1 heterocycles. The number of nitrogens with zero attached hydrogens (tertiary/aromatic N) is 2. The van der Waals surface area contributed by atoms with E-state index in [0.29, 0.717) is 13.0 Å². The van der Waals surface area contributed by atoms with Crippen molar-refractivity contribution in [3.05, 3.63) is 18.0 Å². The second-order valence-corrected chi connectivity index (χ2v) is 5.41. The van der Waals surface area contributed by atoms with Crippen LogP contribution in [0.2, 0.25) is 0 Å². The highest BCUT2D eigenvalue weighted by Gasteiger charge is 2.39. The quantitative estimate of drug-likeness (QED) is 0.881. The first-order valence-electron chi connectivity index (χ1n) is 6.63. The fourth-order valence-electron chi connectivity index (χ4n) is 2.52. The molecule has 3 nitrogen and oxygen atoms in total. The third-order valence-corrected chi connectivity index (χ3v) is 3.66. The van der Waals surface area contributed by atoms with Crippen molar-refractivity contribution < 1.29 is 8.78 Å². The van der Waals surface area contributed by atoms with Gasteiger partial charge in [0.25, 0.3) is 0 Å². The maximum absolute atomic E-state index is 13.1. The molecule has 0 bridgehead atoms. The minimum Gasteiger partial charge on any atom is -0.327 e. The summed E-state index contributed by atoms with van der Waals surface area (Å²) in [6.07, 6.45) is 6.08. The van der Waals surface area contributed by atoms with E-state index >= 15 is 0 Å². The minimum absolute atomic E-state index is 0.00331. The van der Waals surface area contributed by atoms with E-state index in [1.165, 1.54) is 0 Å². The number of nitrogens with two attached hydrogens (primary N) is 1. The summed E-state index contributed by atoms with van der Waals surface area (Å²) in [5.41, 5.74) is 6.97. The van der Waals surface area contributed by atoms with Crippen molar-refractivity contribution in [2.24, 2.45) is 11.7 Å². The molecule has 0 spiro atoms. The lowest BCUT2D eigenvalue weighted by atomic mass is 10.1. The second-order valence-electron chi connectivity index (χ2n) is 5.41. The van der Waals surface area contributed by atoms with Gasteiger partial charge in [-0.3, -0.25) is 4.68 Å². The zero-order valence-corrected chi connectivity index (χ0v) is 10.8. The molecule has 0 aliphatic heterocycles. The molecule has 1 aromatic heterocycles. The van der Waals surface area contributed by atoms with Crippen LogP contribution in [0.3, 0.4) is 0 Å².